The lowest BCUT2D eigenvalue weighted by Crippen LogP contribution is -2.07. The first-order valence-electron chi connectivity index (χ1n) is 5.33. The number of rotatable bonds is 3. The van der Waals surface area contributed by atoms with Gasteiger partial charge in [0, 0.05) is 23.1 Å². The monoisotopic (exact) mass is 263 g/mol. The van der Waals surface area contributed by atoms with Crippen molar-refractivity contribution in [3.8, 4) is 11.3 Å². The molecule has 0 atom stereocenters. The third kappa shape index (κ3) is 2.22. The Hall–Kier alpha value is -1.88. The van der Waals surface area contributed by atoms with Gasteiger partial charge in [-0.25, -0.2) is 8.42 Å². The van der Waals surface area contributed by atoms with Crippen molar-refractivity contribution in [1.29, 1.82) is 5.41 Å². The zero-order valence-electron chi connectivity index (χ0n) is 10.1. The Balaban J connectivity index is 2.81. The molecule has 0 unspecified atom stereocenters. The average Bonchev–Trinajstić information content (AvgIpc) is 2.80. The Labute approximate surface area is 106 Å². The van der Waals surface area contributed by atoms with Gasteiger partial charge in [0.05, 0.1) is 11.2 Å². The summed E-state index contributed by atoms with van der Waals surface area (Å²) in [5.41, 5.74) is 1.22. The highest BCUT2D eigenvalue weighted by Gasteiger charge is 2.19. The number of furan rings is 1. The lowest BCUT2D eigenvalue weighted by molar-refractivity contribution is 0.582. The van der Waals surface area contributed by atoms with E-state index in [1.54, 1.807) is 31.2 Å². The standard InChI is InChI=1S/C13H13NO3S/c1-9(14)13-10(11-6-4-8-17-11)5-3-7-12(13)18(2,15)16/h3-8,14H,1-2H3. The van der Waals surface area contributed by atoms with Gasteiger partial charge in [-0.1, -0.05) is 12.1 Å². The highest BCUT2D eigenvalue weighted by Crippen LogP contribution is 2.29. The van der Waals surface area contributed by atoms with Gasteiger partial charge < -0.3 is 9.83 Å². The number of sulfone groups is 1. The van der Waals surface area contributed by atoms with E-state index in [2.05, 4.69) is 0 Å². The van der Waals surface area contributed by atoms with E-state index in [0.717, 1.165) is 6.26 Å². The van der Waals surface area contributed by atoms with Crippen LogP contribution in [0.5, 0.6) is 0 Å². The van der Waals surface area contributed by atoms with Crippen molar-refractivity contribution in [2.45, 2.75) is 11.8 Å². The van der Waals surface area contributed by atoms with E-state index in [4.69, 9.17) is 9.83 Å². The largest absolute Gasteiger partial charge is 0.464 e. The molecule has 94 valence electrons. The van der Waals surface area contributed by atoms with Gasteiger partial charge in [-0.2, -0.15) is 0 Å². The van der Waals surface area contributed by atoms with Gasteiger partial charge in [0.25, 0.3) is 0 Å². The predicted molar refractivity (Wildman–Crippen MR) is 69.8 cm³/mol. The molecule has 0 amide bonds. The van der Waals surface area contributed by atoms with E-state index in [1.807, 2.05) is 0 Å². The molecule has 0 aliphatic heterocycles. The maximum absolute atomic E-state index is 11.8. The van der Waals surface area contributed by atoms with Crippen LogP contribution in [-0.2, 0) is 9.84 Å². The number of benzene rings is 1. The molecule has 2 rings (SSSR count). The van der Waals surface area contributed by atoms with Crippen molar-refractivity contribution in [2.75, 3.05) is 6.26 Å². The van der Waals surface area contributed by atoms with Crippen LogP contribution < -0.4 is 0 Å². The maximum atomic E-state index is 11.8. The molecular formula is C13H13NO3S. The number of hydrogen-bond acceptors (Lipinski definition) is 4. The van der Waals surface area contributed by atoms with Crippen molar-refractivity contribution >= 4 is 15.5 Å². The Kier molecular flexibility index (Phi) is 3.09. The first-order valence-corrected chi connectivity index (χ1v) is 7.23. The molecule has 0 saturated carbocycles. The molecule has 0 spiro atoms. The Bertz CT molecular complexity index is 685. The molecule has 2 aromatic rings. The van der Waals surface area contributed by atoms with E-state index in [0.29, 0.717) is 16.9 Å². The highest BCUT2D eigenvalue weighted by atomic mass is 32.2. The fraction of sp³-hybridized carbons (Fsp3) is 0.154. The Morgan fingerprint density at radius 2 is 1.94 bits per heavy atom. The normalized spacial score (nSPS) is 11.4. The van der Waals surface area contributed by atoms with E-state index in [-0.39, 0.29) is 10.6 Å². The van der Waals surface area contributed by atoms with Crippen molar-refractivity contribution in [3.63, 3.8) is 0 Å². The van der Waals surface area contributed by atoms with Gasteiger partial charge in [-0.05, 0) is 25.1 Å². The van der Waals surface area contributed by atoms with Gasteiger partial charge in [-0.3, -0.25) is 0 Å². The van der Waals surface area contributed by atoms with Crippen LogP contribution >= 0.6 is 0 Å². The summed E-state index contributed by atoms with van der Waals surface area (Å²) in [6.07, 6.45) is 2.66. The smallest absolute Gasteiger partial charge is 0.176 e. The van der Waals surface area contributed by atoms with Crippen LogP contribution in [0.1, 0.15) is 12.5 Å². The Morgan fingerprint density at radius 3 is 2.44 bits per heavy atom. The summed E-state index contributed by atoms with van der Waals surface area (Å²) in [6.45, 7) is 1.57. The predicted octanol–water partition coefficient (Wildman–Crippen LogP) is 2.74. The summed E-state index contributed by atoms with van der Waals surface area (Å²) >= 11 is 0. The zero-order chi connectivity index (χ0) is 13.3. The van der Waals surface area contributed by atoms with Gasteiger partial charge >= 0.3 is 0 Å². The van der Waals surface area contributed by atoms with Crippen LogP contribution in [0.2, 0.25) is 0 Å². The average molecular weight is 263 g/mol. The van der Waals surface area contributed by atoms with Crippen LogP contribution in [0, 0.1) is 5.41 Å². The minimum Gasteiger partial charge on any atom is -0.464 e. The summed E-state index contributed by atoms with van der Waals surface area (Å²) in [6, 6.07) is 8.38. The molecule has 0 aliphatic rings. The van der Waals surface area contributed by atoms with Gasteiger partial charge in [0.1, 0.15) is 5.76 Å². The second kappa shape index (κ2) is 4.42. The molecule has 1 heterocycles. The van der Waals surface area contributed by atoms with Gasteiger partial charge in [0.2, 0.25) is 0 Å². The van der Waals surface area contributed by atoms with Crippen molar-refractivity contribution < 1.29 is 12.8 Å². The molecule has 18 heavy (non-hydrogen) atoms. The first kappa shape index (κ1) is 12.6. The van der Waals surface area contributed by atoms with Crippen LogP contribution in [0.4, 0.5) is 0 Å². The fourth-order valence-electron chi connectivity index (χ4n) is 1.86. The molecule has 0 radical (unpaired) electrons. The second-order valence-corrected chi connectivity index (χ2v) is 6.04. The summed E-state index contributed by atoms with van der Waals surface area (Å²) in [5, 5.41) is 7.79. The summed E-state index contributed by atoms with van der Waals surface area (Å²) in [4.78, 5) is 0.156. The molecule has 5 heteroatoms. The maximum Gasteiger partial charge on any atom is 0.176 e. The van der Waals surface area contributed by atoms with Gasteiger partial charge in [-0.15, -0.1) is 0 Å². The summed E-state index contributed by atoms with van der Waals surface area (Å²) in [5.74, 6) is 0.558. The van der Waals surface area contributed by atoms with Crippen LogP contribution in [0.15, 0.2) is 45.9 Å². The van der Waals surface area contributed by atoms with Crippen molar-refractivity contribution in [2.24, 2.45) is 0 Å². The highest BCUT2D eigenvalue weighted by molar-refractivity contribution is 7.90. The zero-order valence-corrected chi connectivity index (χ0v) is 10.9. The lowest BCUT2D eigenvalue weighted by Gasteiger charge is -2.11. The fourth-order valence-corrected chi connectivity index (χ4v) is 2.82. The minimum atomic E-state index is -3.37. The molecule has 0 fully saturated rings. The van der Waals surface area contributed by atoms with Crippen LogP contribution in [-0.4, -0.2) is 20.4 Å². The van der Waals surface area contributed by atoms with Crippen molar-refractivity contribution in [3.05, 3.63) is 42.2 Å². The molecule has 0 saturated heterocycles. The number of nitrogens with one attached hydrogen (secondary N) is 1. The molecule has 4 nitrogen and oxygen atoms in total. The topological polar surface area (TPSA) is 71.1 Å². The van der Waals surface area contributed by atoms with Crippen molar-refractivity contribution in [1.82, 2.24) is 0 Å². The summed E-state index contributed by atoms with van der Waals surface area (Å²) < 4.78 is 28.8. The SMILES string of the molecule is CC(=N)c1c(-c2ccco2)cccc1S(C)(=O)=O. The molecule has 0 aliphatic carbocycles. The molecule has 1 aromatic heterocycles. The quantitative estimate of drug-likeness (QED) is 0.865. The van der Waals surface area contributed by atoms with Crippen LogP contribution in [0.3, 0.4) is 0 Å². The van der Waals surface area contributed by atoms with E-state index >= 15 is 0 Å². The molecule has 1 N–H and O–H groups in total. The number of hydrogen-bond donors (Lipinski definition) is 1. The minimum absolute atomic E-state index is 0.156. The van der Waals surface area contributed by atoms with Gasteiger partial charge in [0.15, 0.2) is 9.84 Å². The Morgan fingerprint density at radius 1 is 1.22 bits per heavy atom. The second-order valence-electron chi connectivity index (χ2n) is 4.05. The molecule has 1 aromatic carbocycles. The van der Waals surface area contributed by atoms with E-state index in [9.17, 15) is 8.42 Å². The summed E-state index contributed by atoms with van der Waals surface area (Å²) in [7, 11) is -3.37. The molecule has 0 bridgehead atoms. The third-order valence-electron chi connectivity index (χ3n) is 2.59. The van der Waals surface area contributed by atoms with E-state index in [1.165, 1.54) is 12.3 Å². The van der Waals surface area contributed by atoms with Crippen LogP contribution in [0.25, 0.3) is 11.3 Å². The third-order valence-corrected chi connectivity index (χ3v) is 3.73. The van der Waals surface area contributed by atoms with E-state index < -0.39 is 9.84 Å². The molecular weight excluding hydrogens is 250 g/mol. The first-order chi connectivity index (χ1) is 8.41. The lowest BCUT2D eigenvalue weighted by atomic mass is 10.0.